The van der Waals surface area contributed by atoms with Gasteiger partial charge < -0.3 is 28.4 Å². The molecule has 62 heavy (non-hydrogen) atoms. The summed E-state index contributed by atoms with van der Waals surface area (Å²) >= 11 is 0. The van der Waals surface area contributed by atoms with Crippen molar-refractivity contribution in [1.29, 1.82) is 0 Å². The van der Waals surface area contributed by atoms with Gasteiger partial charge in [0.05, 0.1) is 27.8 Å². The van der Waals surface area contributed by atoms with Crippen LogP contribution in [0.1, 0.15) is 79.6 Å². The Morgan fingerprint density at radius 3 is 0.984 bits per heavy atom. The van der Waals surface area contributed by atoms with E-state index in [1.165, 1.54) is 121 Å². The maximum absolute atomic E-state index is 14.0. The molecule has 0 saturated carbocycles. The van der Waals surface area contributed by atoms with E-state index in [9.17, 15) is 24.0 Å². The molecule has 1 saturated heterocycles. The smallest absolute Gasteiger partial charge is 0.340 e. The zero-order valence-electron chi connectivity index (χ0n) is 32.5. The van der Waals surface area contributed by atoms with Gasteiger partial charge in [0.2, 0.25) is 12.4 Å². The van der Waals surface area contributed by atoms with Gasteiger partial charge in [-0.1, -0.05) is 29.6 Å². The lowest BCUT2D eigenvalue weighted by Gasteiger charge is -2.43. The van der Waals surface area contributed by atoms with E-state index in [2.05, 4.69) is 29.6 Å². The number of ether oxygens (including phenoxy) is 6. The van der Waals surface area contributed by atoms with Gasteiger partial charge in [0, 0.05) is 27.8 Å². The Morgan fingerprint density at radius 2 is 0.661 bits per heavy atom. The van der Waals surface area contributed by atoms with Gasteiger partial charge in [-0.25, -0.2) is 24.0 Å². The summed E-state index contributed by atoms with van der Waals surface area (Å²) < 4.78 is 35.8. The lowest BCUT2D eigenvalue weighted by molar-refractivity contribution is -0.282. The average Bonchev–Trinajstić information content (AvgIpc) is 3.32. The first-order chi connectivity index (χ1) is 30.0. The average molecular weight is 821 g/mol. The molecular weight excluding hydrogens is 789 g/mol. The van der Waals surface area contributed by atoms with Crippen LogP contribution in [0.25, 0.3) is 0 Å². The Hall–Kier alpha value is -8.79. The van der Waals surface area contributed by atoms with Crippen LogP contribution in [0.15, 0.2) is 121 Å². The number of hydrogen-bond donors (Lipinski definition) is 0. The summed E-state index contributed by atoms with van der Waals surface area (Å²) in [5.41, 5.74) is 2.44. The van der Waals surface area contributed by atoms with Crippen molar-refractivity contribution in [3.8, 4) is 61.7 Å². The third-order valence-electron chi connectivity index (χ3n) is 9.36. The van der Waals surface area contributed by atoms with E-state index in [4.69, 9.17) is 60.5 Å². The first-order valence-corrected chi connectivity index (χ1v) is 18.5. The van der Waals surface area contributed by atoms with Crippen LogP contribution in [0, 0.1) is 61.7 Å². The summed E-state index contributed by atoms with van der Waals surface area (Å²) in [4.78, 5) is 69.0. The van der Waals surface area contributed by atoms with Crippen molar-refractivity contribution in [3.05, 3.63) is 177 Å². The maximum atomic E-state index is 14.0. The topological polar surface area (TPSA) is 141 Å². The monoisotopic (exact) mass is 820 g/mol. The number of terminal acetylenes is 5. The lowest BCUT2D eigenvalue weighted by atomic mass is 9.97. The van der Waals surface area contributed by atoms with Gasteiger partial charge in [-0.3, -0.25) is 0 Å². The summed E-state index contributed by atoms with van der Waals surface area (Å²) in [5.74, 6) is 7.46. The number of rotatable bonds is 11. The summed E-state index contributed by atoms with van der Waals surface area (Å²) in [6, 6.07) is 29.0. The molecule has 0 N–H and O–H groups in total. The summed E-state index contributed by atoms with van der Waals surface area (Å²) in [6.45, 7) is -0.687. The van der Waals surface area contributed by atoms with E-state index in [1.54, 1.807) is 0 Å². The standard InChI is InChI=1S/C51H32O11/c1-6-32-11-21-37(22-12-32)46(52)57-31-42-43(59-47(53)38-23-13-33(7-2)14-24-38)44(60-48(54)39-25-15-34(8-3)16-26-39)45(61-49(55)40-27-17-35(9-4)18-28-40)51(58-42)62-50(56)41-29-19-36(10-5)20-30-41/h1-5,11-30,42-45,51H,31H2/t42-,43+,44+,45-,51?/m1/s1. The van der Waals surface area contributed by atoms with Crippen molar-refractivity contribution in [2.75, 3.05) is 6.61 Å². The summed E-state index contributed by atoms with van der Waals surface area (Å²) in [5, 5.41) is 0. The number of esters is 5. The van der Waals surface area contributed by atoms with E-state index < -0.39 is 67.2 Å². The molecule has 1 heterocycles. The molecule has 5 aromatic rings. The maximum Gasteiger partial charge on any atom is 0.340 e. The minimum absolute atomic E-state index is 0.00654. The lowest BCUT2D eigenvalue weighted by Crippen LogP contribution is -2.63. The van der Waals surface area contributed by atoms with Crippen LogP contribution in [0.3, 0.4) is 0 Å². The Labute approximate surface area is 357 Å². The van der Waals surface area contributed by atoms with E-state index in [0.717, 1.165) is 0 Å². The first kappa shape index (κ1) is 42.8. The minimum atomic E-state index is -1.91. The molecule has 5 atom stereocenters. The number of hydrogen-bond acceptors (Lipinski definition) is 11. The molecule has 0 aromatic heterocycles. The number of carbonyl (C=O) groups is 5. The van der Waals surface area contributed by atoms with Crippen LogP contribution in [-0.4, -0.2) is 67.2 Å². The van der Waals surface area contributed by atoms with E-state index in [-0.39, 0.29) is 27.8 Å². The Morgan fingerprint density at radius 1 is 0.387 bits per heavy atom. The first-order valence-electron chi connectivity index (χ1n) is 18.5. The van der Waals surface area contributed by atoms with Crippen molar-refractivity contribution in [2.24, 2.45) is 0 Å². The molecule has 1 fully saturated rings. The molecule has 1 aliphatic heterocycles. The van der Waals surface area contributed by atoms with E-state index in [0.29, 0.717) is 27.8 Å². The number of benzene rings is 5. The van der Waals surface area contributed by atoms with Crippen molar-refractivity contribution >= 4 is 29.8 Å². The molecular formula is C51H32O11. The van der Waals surface area contributed by atoms with Gasteiger partial charge >= 0.3 is 29.8 Å². The van der Waals surface area contributed by atoms with Crippen LogP contribution in [0.5, 0.6) is 0 Å². The fourth-order valence-corrected chi connectivity index (χ4v) is 6.01. The summed E-state index contributed by atoms with van der Waals surface area (Å²) in [6.07, 6.45) is 18.6. The molecule has 6 rings (SSSR count). The Balaban J connectivity index is 1.45. The molecule has 302 valence electrons. The van der Waals surface area contributed by atoms with Crippen LogP contribution < -0.4 is 0 Å². The van der Waals surface area contributed by atoms with Crippen LogP contribution >= 0.6 is 0 Å². The van der Waals surface area contributed by atoms with Crippen LogP contribution in [0.2, 0.25) is 0 Å². The highest BCUT2D eigenvalue weighted by molar-refractivity contribution is 5.92. The molecule has 0 radical (unpaired) electrons. The zero-order chi connectivity index (χ0) is 44.2. The fourth-order valence-electron chi connectivity index (χ4n) is 6.01. The third-order valence-corrected chi connectivity index (χ3v) is 9.36. The Bertz CT molecular complexity index is 2700. The third kappa shape index (κ3) is 10.3. The predicted molar refractivity (Wildman–Crippen MR) is 224 cm³/mol. The molecule has 11 nitrogen and oxygen atoms in total. The van der Waals surface area contributed by atoms with Crippen molar-refractivity contribution in [3.63, 3.8) is 0 Å². The van der Waals surface area contributed by atoms with Gasteiger partial charge in [-0.15, -0.1) is 32.1 Å². The zero-order valence-corrected chi connectivity index (χ0v) is 32.5. The molecule has 1 unspecified atom stereocenters. The number of carbonyl (C=O) groups excluding carboxylic acids is 5. The highest BCUT2D eigenvalue weighted by Gasteiger charge is 2.54. The van der Waals surface area contributed by atoms with Crippen molar-refractivity contribution in [2.45, 2.75) is 30.7 Å². The quantitative estimate of drug-likeness (QED) is 0.0880. The van der Waals surface area contributed by atoms with E-state index in [1.807, 2.05) is 0 Å². The molecule has 0 aliphatic carbocycles. The van der Waals surface area contributed by atoms with Crippen molar-refractivity contribution < 1.29 is 52.4 Å². The van der Waals surface area contributed by atoms with Gasteiger partial charge in [0.1, 0.15) is 12.7 Å². The van der Waals surface area contributed by atoms with Crippen LogP contribution in [0.4, 0.5) is 0 Å². The second kappa shape index (κ2) is 19.8. The SMILES string of the molecule is C#Cc1ccc(C(=O)OC[C@H]2OC(OC(=O)c3ccc(C#C)cc3)[C@H](OC(=O)c3ccc(C#C)cc3)[C@@H](OC(=O)c3ccc(C#C)cc3)[C@H]2OC(=O)c2ccc(C#C)cc2)cc1. The molecule has 0 spiro atoms. The molecule has 0 amide bonds. The van der Waals surface area contributed by atoms with Gasteiger partial charge in [-0.2, -0.15) is 0 Å². The predicted octanol–water partition coefficient (Wildman–Crippen LogP) is 6.01. The van der Waals surface area contributed by atoms with Gasteiger partial charge in [-0.05, 0) is 121 Å². The van der Waals surface area contributed by atoms with Crippen LogP contribution in [-0.2, 0) is 28.4 Å². The Kier molecular flexibility index (Phi) is 13.7. The summed E-state index contributed by atoms with van der Waals surface area (Å²) in [7, 11) is 0. The van der Waals surface area contributed by atoms with Gasteiger partial charge in [0.25, 0.3) is 0 Å². The molecule has 11 heteroatoms. The second-order valence-corrected chi connectivity index (χ2v) is 13.3. The van der Waals surface area contributed by atoms with E-state index >= 15 is 0 Å². The van der Waals surface area contributed by atoms with Gasteiger partial charge in [0.15, 0.2) is 12.2 Å². The highest BCUT2D eigenvalue weighted by Crippen LogP contribution is 2.32. The molecule has 5 aromatic carbocycles. The normalized spacial score (nSPS) is 17.4. The fraction of sp³-hybridized carbons (Fsp3) is 0.118. The highest BCUT2D eigenvalue weighted by atomic mass is 16.7. The second-order valence-electron chi connectivity index (χ2n) is 13.3. The van der Waals surface area contributed by atoms with Crippen molar-refractivity contribution in [1.82, 2.24) is 0 Å². The molecule has 0 bridgehead atoms. The molecule has 1 aliphatic rings. The largest absolute Gasteiger partial charge is 0.459 e. The minimum Gasteiger partial charge on any atom is -0.459 e.